The zero-order valence-electron chi connectivity index (χ0n) is 6.24. The molecule has 1 unspecified atom stereocenters. The van der Waals surface area contributed by atoms with Crippen molar-refractivity contribution >= 4 is 51.2 Å². The maximum Gasteiger partial charge on any atom is 0.316 e. The highest BCUT2D eigenvalue weighted by Crippen LogP contribution is 2.36. The standard InChI is InChI=1S/C7H6I2O4/c8-3-1-4(6(10)11)7(12,13)5(9)2-3/h1-2,4,12-13H,(H,10,11). The number of hydrogen-bond acceptors (Lipinski definition) is 3. The number of hydrogen-bond donors (Lipinski definition) is 3. The van der Waals surface area contributed by atoms with Crippen molar-refractivity contribution in [2.24, 2.45) is 5.92 Å². The van der Waals surface area contributed by atoms with Crippen LogP contribution in [0.25, 0.3) is 0 Å². The van der Waals surface area contributed by atoms with E-state index >= 15 is 0 Å². The fraction of sp³-hybridized carbons (Fsp3) is 0.286. The Morgan fingerprint density at radius 1 is 1.46 bits per heavy atom. The lowest BCUT2D eigenvalue weighted by atomic mass is 9.94. The predicted octanol–water partition coefficient (Wildman–Crippen LogP) is 1.02. The molecular weight excluding hydrogens is 402 g/mol. The number of aliphatic carboxylic acids is 1. The topological polar surface area (TPSA) is 77.8 Å². The van der Waals surface area contributed by atoms with Crippen LogP contribution in [0.15, 0.2) is 19.3 Å². The molecule has 1 aliphatic carbocycles. The van der Waals surface area contributed by atoms with Crippen molar-refractivity contribution in [3.8, 4) is 0 Å². The lowest BCUT2D eigenvalue weighted by Gasteiger charge is -2.29. The molecule has 0 heterocycles. The van der Waals surface area contributed by atoms with Crippen LogP contribution in [-0.4, -0.2) is 27.1 Å². The molecule has 3 N–H and O–H groups in total. The maximum atomic E-state index is 10.7. The van der Waals surface area contributed by atoms with Crippen LogP contribution in [0.3, 0.4) is 0 Å². The first-order valence-corrected chi connectivity index (χ1v) is 5.44. The van der Waals surface area contributed by atoms with Gasteiger partial charge >= 0.3 is 5.97 Å². The van der Waals surface area contributed by atoms with E-state index in [0.717, 1.165) is 0 Å². The molecule has 0 fully saturated rings. The Morgan fingerprint density at radius 3 is 2.46 bits per heavy atom. The summed E-state index contributed by atoms with van der Waals surface area (Å²) in [4.78, 5) is 10.7. The van der Waals surface area contributed by atoms with Gasteiger partial charge in [-0.05, 0) is 51.3 Å². The minimum Gasteiger partial charge on any atom is -0.481 e. The minimum atomic E-state index is -2.28. The molecule has 6 heteroatoms. The van der Waals surface area contributed by atoms with E-state index < -0.39 is 17.7 Å². The number of aliphatic hydroxyl groups is 2. The Bertz CT molecular complexity index is 306. The summed E-state index contributed by atoms with van der Waals surface area (Å²) in [6, 6.07) is 0. The van der Waals surface area contributed by atoms with E-state index in [2.05, 4.69) is 0 Å². The molecule has 0 aromatic rings. The average Bonchev–Trinajstić information content (AvgIpc) is 1.96. The fourth-order valence-corrected chi connectivity index (χ4v) is 2.88. The number of carboxylic acids is 1. The molecule has 0 saturated heterocycles. The zero-order chi connectivity index (χ0) is 10.2. The van der Waals surface area contributed by atoms with Crippen LogP contribution in [-0.2, 0) is 4.79 Å². The average molecular weight is 408 g/mol. The predicted molar refractivity (Wildman–Crippen MR) is 62.5 cm³/mol. The van der Waals surface area contributed by atoms with Crippen molar-refractivity contribution in [3.63, 3.8) is 0 Å². The third-order valence-corrected chi connectivity index (χ3v) is 3.42. The number of carboxylic acid groups (broad SMARTS) is 1. The number of rotatable bonds is 1. The number of allylic oxidation sites excluding steroid dienone is 2. The Hall–Kier alpha value is 0.330. The van der Waals surface area contributed by atoms with E-state index in [-0.39, 0.29) is 3.58 Å². The first-order valence-electron chi connectivity index (χ1n) is 3.28. The summed E-state index contributed by atoms with van der Waals surface area (Å²) in [5.41, 5.74) is 0. The van der Waals surface area contributed by atoms with Crippen LogP contribution in [0.1, 0.15) is 0 Å². The highest BCUT2D eigenvalue weighted by molar-refractivity contribution is 14.1. The molecule has 1 atom stereocenters. The van der Waals surface area contributed by atoms with Crippen LogP contribution in [0, 0.1) is 5.92 Å². The van der Waals surface area contributed by atoms with Crippen molar-refractivity contribution in [1.29, 1.82) is 0 Å². The summed E-state index contributed by atoms with van der Waals surface area (Å²) in [5, 5.41) is 27.6. The first-order chi connectivity index (χ1) is 5.85. The van der Waals surface area contributed by atoms with Gasteiger partial charge < -0.3 is 15.3 Å². The van der Waals surface area contributed by atoms with Gasteiger partial charge in [-0.2, -0.15) is 0 Å². The second kappa shape index (κ2) is 3.83. The summed E-state index contributed by atoms with van der Waals surface area (Å²) in [5.74, 6) is -4.82. The normalized spacial score (nSPS) is 26.3. The molecule has 0 aliphatic heterocycles. The lowest BCUT2D eigenvalue weighted by molar-refractivity contribution is -0.177. The van der Waals surface area contributed by atoms with E-state index in [1.54, 1.807) is 22.6 Å². The monoisotopic (exact) mass is 408 g/mol. The third-order valence-electron chi connectivity index (χ3n) is 1.64. The van der Waals surface area contributed by atoms with Gasteiger partial charge in [-0.25, -0.2) is 0 Å². The Morgan fingerprint density at radius 2 is 2.00 bits per heavy atom. The van der Waals surface area contributed by atoms with Crippen LogP contribution in [0.4, 0.5) is 0 Å². The summed E-state index contributed by atoms with van der Waals surface area (Å²) >= 11 is 3.65. The van der Waals surface area contributed by atoms with E-state index in [4.69, 9.17) is 5.11 Å². The van der Waals surface area contributed by atoms with Gasteiger partial charge in [0.25, 0.3) is 0 Å². The Kier molecular flexibility index (Phi) is 3.36. The van der Waals surface area contributed by atoms with Gasteiger partial charge in [0, 0.05) is 3.58 Å². The van der Waals surface area contributed by atoms with Gasteiger partial charge in [0.2, 0.25) is 5.79 Å². The molecule has 0 saturated carbocycles. The number of halogens is 2. The minimum absolute atomic E-state index is 0.212. The SMILES string of the molecule is O=C(O)C1C=C(I)C=C(I)C1(O)O. The second-order valence-electron chi connectivity index (χ2n) is 2.59. The largest absolute Gasteiger partial charge is 0.481 e. The molecule has 0 aromatic heterocycles. The molecule has 13 heavy (non-hydrogen) atoms. The van der Waals surface area contributed by atoms with Gasteiger partial charge in [-0.15, -0.1) is 0 Å². The van der Waals surface area contributed by atoms with Crippen LogP contribution in [0.2, 0.25) is 0 Å². The molecule has 0 amide bonds. The molecule has 0 aromatic carbocycles. The molecule has 72 valence electrons. The molecule has 0 spiro atoms. The number of carbonyl (C=O) groups is 1. The van der Waals surface area contributed by atoms with E-state index in [0.29, 0.717) is 3.58 Å². The van der Waals surface area contributed by atoms with E-state index in [1.165, 1.54) is 12.2 Å². The van der Waals surface area contributed by atoms with Gasteiger partial charge in [-0.3, -0.25) is 4.79 Å². The van der Waals surface area contributed by atoms with Crippen LogP contribution < -0.4 is 0 Å². The highest BCUT2D eigenvalue weighted by atomic mass is 127. The lowest BCUT2D eigenvalue weighted by Crippen LogP contribution is -2.43. The summed E-state index contributed by atoms with van der Waals surface area (Å²) in [7, 11) is 0. The third kappa shape index (κ3) is 2.22. The van der Waals surface area contributed by atoms with Crippen molar-refractivity contribution in [1.82, 2.24) is 0 Å². The van der Waals surface area contributed by atoms with Crippen molar-refractivity contribution in [2.75, 3.05) is 0 Å². The zero-order valence-corrected chi connectivity index (χ0v) is 10.6. The van der Waals surface area contributed by atoms with E-state index in [1.807, 2.05) is 22.6 Å². The molecular formula is C7H6I2O4. The first kappa shape index (κ1) is 11.4. The van der Waals surface area contributed by atoms with Crippen molar-refractivity contribution in [3.05, 3.63) is 19.3 Å². The van der Waals surface area contributed by atoms with Crippen LogP contribution in [0.5, 0.6) is 0 Å². The molecule has 0 radical (unpaired) electrons. The second-order valence-corrected chi connectivity index (χ2v) is 4.99. The van der Waals surface area contributed by atoms with Gasteiger partial charge in [0.15, 0.2) is 0 Å². The quantitative estimate of drug-likeness (QED) is 0.448. The molecule has 4 nitrogen and oxygen atoms in total. The van der Waals surface area contributed by atoms with Gasteiger partial charge in [0.1, 0.15) is 5.92 Å². The Labute approximate surface area is 102 Å². The summed E-state index contributed by atoms with van der Waals surface area (Å²) < 4.78 is 0.900. The van der Waals surface area contributed by atoms with Gasteiger partial charge in [0.05, 0.1) is 3.58 Å². The summed E-state index contributed by atoms with van der Waals surface area (Å²) in [6.45, 7) is 0. The fourth-order valence-electron chi connectivity index (χ4n) is 0.943. The highest BCUT2D eigenvalue weighted by Gasteiger charge is 2.43. The molecule has 1 aliphatic rings. The Balaban J connectivity index is 3.12. The molecule has 0 bridgehead atoms. The van der Waals surface area contributed by atoms with Crippen LogP contribution >= 0.6 is 45.2 Å². The van der Waals surface area contributed by atoms with E-state index in [9.17, 15) is 15.0 Å². The molecule has 1 rings (SSSR count). The summed E-state index contributed by atoms with van der Waals surface area (Å²) in [6.07, 6.45) is 2.84. The van der Waals surface area contributed by atoms with Crippen molar-refractivity contribution in [2.45, 2.75) is 5.79 Å². The maximum absolute atomic E-state index is 10.7. The van der Waals surface area contributed by atoms with Gasteiger partial charge in [-0.1, -0.05) is 6.08 Å². The van der Waals surface area contributed by atoms with Crippen molar-refractivity contribution < 1.29 is 20.1 Å². The smallest absolute Gasteiger partial charge is 0.316 e.